The zero-order valence-corrected chi connectivity index (χ0v) is 17.9. The molecular weight excluding hydrogens is 400 g/mol. The van der Waals surface area contributed by atoms with Crippen molar-refractivity contribution >= 4 is 23.9 Å². The Morgan fingerprint density at radius 3 is 2.68 bits per heavy atom. The summed E-state index contributed by atoms with van der Waals surface area (Å²) in [4.78, 5) is 43.3. The van der Waals surface area contributed by atoms with E-state index >= 15 is 0 Å². The molecule has 1 heterocycles. The zero-order valence-electron chi connectivity index (χ0n) is 17.9. The molecule has 2 rings (SSSR count). The van der Waals surface area contributed by atoms with E-state index in [0.29, 0.717) is 38.9 Å². The van der Waals surface area contributed by atoms with Crippen LogP contribution in [0.2, 0.25) is 0 Å². The number of ether oxygens (including phenoxy) is 1. The smallest absolute Gasteiger partial charge is 0.408 e. The molecule has 1 fully saturated rings. The molecule has 1 saturated heterocycles. The van der Waals surface area contributed by atoms with E-state index in [4.69, 9.17) is 16.2 Å². The predicted octanol–water partition coefficient (Wildman–Crippen LogP) is 0.462. The lowest BCUT2D eigenvalue weighted by molar-refractivity contribution is -0.140. The molecule has 1 aliphatic heterocycles. The number of alkyl carbamates (subject to hydrolysis) is 1. The van der Waals surface area contributed by atoms with E-state index in [1.165, 1.54) is 4.90 Å². The molecule has 31 heavy (non-hydrogen) atoms. The van der Waals surface area contributed by atoms with Crippen LogP contribution in [0.5, 0.6) is 0 Å². The molecular formula is C21H32N6O4. The number of amides is 3. The van der Waals surface area contributed by atoms with Gasteiger partial charge in [-0.3, -0.25) is 14.6 Å². The second kappa shape index (κ2) is 12.4. The number of rotatable bonds is 10. The Bertz CT molecular complexity index is 766. The van der Waals surface area contributed by atoms with E-state index in [1.807, 2.05) is 37.3 Å². The molecule has 0 aliphatic carbocycles. The number of likely N-dealkylation sites (tertiary alicyclic amines) is 1. The fourth-order valence-corrected chi connectivity index (χ4v) is 3.46. The first-order valence-electron chi connectivity index (χ1n) is 10.5. The van der Waals surface area contributed by atoms with Crippen LogP contribution in [-0.2, 0) is 20.9 Å². The van der Waals surface area contributed by atoms with Gasteiger partial charge in [0.25, 0.3) is 0 Å². The summed E-state index contributed by atoms with van der Waals surface area (Å²) in [6.45, 7) is 3.20. The first-order chi connectivity index (χ1) is 14.9. The highest BCUT2D eigenvalue weighted by Gasteiger charge is 2.37. The number of nitrogens with two attached hydrogens (primary N) is 2. The average molecular weight is 433 g/mol. The van der Waals surface area contributed by atoms with Crippen LogP contribution in [0, 0.1) is 0 Å². The van der Waals surface area contributed by atoms with Crippen molar-refractivity contribution in [3.63, 3.8) is 0 Å². The minimum atomic E-state index is -0.840. The normalized spacial score (nSPS) is 16.3. The van der Waals surface area contributed by atoms with Gasteiger partial charge in [0.2, 0.25) is 11.8 Å². The number of nitrogens with zero attached hydrogens (tertiary/aromatic N) is 2. The maximum Gasteiger partial charge on any atom is 0.408 e. The van der Waals surface area contributed by atoms with Crippen LogP contribution in [0.3, 0.4) is 0 Å². The van der Waals surface area contributed by atoms with E-state index < -0.39 is 18.2 Å². The van der Waals surface area contributed by atoms with E-state index in [0.717, 1.165) is 12.0 Å². The second-order valence-corrected chi connectivity index (χ2v) is 7.29. The van der Waals surface area contributed by atoms with Crippen LogP contribution >= 0.6 is 0 Å². The lowest BCUT2D eigenvalue weighted by Crippen LogP contribution is -2.53. The van der Waals surface area contributed by atoms with Crippen LogP contribution in [-0.4, -0.2) is 60.5 Å². The van der Waals surface area contributed by atoms with Crippen LogP contribution in [0.4, 0.5) is 4.79 Å². The van der Waals surface area contributed by atoms with Gasteiger partial charge in [-0.25, -0.2) is 4.79 Å². The number of carbonyl (C=O) groups excluding carboxylic acids is 3. The number of guanidine groups is 1. The van der Waals surface area contributed by atoms with Crippen molar-refractivity contribution in [2.24, 2.45) is 16.5 Å². The maximum atomic E-state index is 13.2. The molecule has 2 atom stereocenters. The summed E-state index contributed by atoms with van der Waals surface area (Å²) in [6, 6.07) is 7.87. The Balaban J connectivity index is 2.02. The van der Waals surface area contributed by atoms with Crippen molar-refractivity contribution in [3.8, 4) is 0 Å². The van der Waals surface area contributed by atoms with Crippen LogP contribution in [0.15, 0.2) is 35.3 Å². The molecule has 10 heteroatoms. The van der Waals surface area contributed by atoms with Gasteiger partial charge in [-0.05, 0) is 38.2 Å². The Kier molecular flexibility index (Phi) is 9.60. The Morgan fingerprint density at radius 2 is 2.00 bits per heavy atom. The Morgan fingerprint density at radius 1 is 1.26 bits per heavy atom. The van der Waals surface area contributed by atoms with Gasteiger partial charge in [0.15, 0.2) is 5.96 Å². The van der Waals surface area contributed by atoms with Crippen molar-refractivity contribution < 1.29 is 19.1 Å². The predicted molar refractivity (Wildman–Crippen MR) is 117 cm³/mol. The van der Waals surface area contributed by atoms with Gasteiger partial charge < -0.3 is 31.7 Å². The third-order valence-electron chi connectivity index (χ3n) is 4.94. The molecule has 1 aromatic rings. The highest BCUT2D eigenvalue weighted by atomic mass is 16.5. The Hall–Kier alpha value is -3.30. The zero-order chi connectivity index (χ0) is 22.6. The van der Waals surface area contributed by atoms with Gasteiger partial charge in [0, 0.05) is 19.6 Å². The van der Waals surface area contributed by atoms with Gasteiger partial charge in [-0.1, -0.05) is 30.3 Å². The first-order valence-corrected chi connectivity index (χ1v) is 10.5. The second-order valence-electron chi connectivity index (χ2n) is 7.29. The third-order valence-corrected chi connectivity index (χ3v) is 4.94. The molecule has 0 saturated carbocycles. The summed E-state index contributed by atoms with van der Waals surface area (Å²) < 4.78 is 5.26. The summed E-state index contributed by atoms with van der Waals surface area (Å²) >= 11 is 0. The number of benzene rings is 1. The lowest BCUT2D eigenvalue weighted by atomic mass is 10.1. The minimum Gasteiger partial charge on any atom is -0.445 e. The van der Waals surface area contributed by atoms with Gasteiger partial charge >= 0.3 is 6.09 Å². The van der Waals surface area contributed by atoms with Gasteiger partial charge in [0.1, 0.15) is 18.7 Å². The van der Waals surface area contributed by atoms with E-state index in [2.05, 4.69) is 15.6 Å². The summed E-state index contributed by atoms with van der Waals surface area (Å²) in [5.74, 6) is -0.525. The number of hydrogen-bond donors (Lipinski definition) is 4. The van der Waals surface area contributed by atoms with Gasteiger partial charge in [-0.15, -0.1) is 0 Å². The first kappa shape index (κ1) is 24.0. The maximum absolute atomic E-state index is 13.2. The van der Waals surface area contributed by atoms with Crippen molar-refractivity contribution in [2.75, 3.05) is 19.6 Å². The number of aliphatic imine (C=N–C) groups is 1. The standard InChI is InChI=1S/C21H32N6O4/c1-2-24-18(28)17-11-7-13-27(17)19(29)16(10-6-12-25-20(22)23)26-21(30)31-14-15-8-4-3-5-9-15/h3-5,8-9,16-17H,2,6-7,10-14H2,1H3,(H,24,28)(H,26,30)(H4,22,23,25)/t16-,17+/m1/s1. The van der Waals surface area contributed by atoms with Crippen molar-refractivity contribution in [1.82, 2.24) is 15.5 Å². The molecule has 10 nitrogen and oxygen atoms in total. The van der Waals surface area contributed by atoms with Crippen LogP contribution < -0.4 is 22.1 Å². The molecule has 3 amide bonds. The van der Waals surface area contributed by atoms with Crippen LogP contribution in [0.25, 0.3) is 0 Å². The van der Waals surface area contributed by atoms with E-state index in [-0.39, 0.29) is 24.4 Å². The van der Waals surface area contributed by atoms with Crippen molar-refractivity contribution in [2.45, 2.75) is 51.3 Å². The number of nitrogens with one attached hydrogen (secondary N) is 2. The summed E-state index contributed by atoms with van der Waals surface area (Å²) in [5, 5.41) is 5.41. The highest BCUT2D eigenvalue weighted by molar-refractivity contribution is 5.91. The molecule has 0 bridgehead atoms. The summed E-state index contributed by atoms with van der Waals surface area (Å²) in [7, 11) is 0. The largest absolute Gasteiger partial charge is 0.445 e. The van der Waals surface area contributed by atoms with Crippen molar-refractivity contribution in [1.29, 1.82) is 0 Å². The van der Waals surface area contributed by atoms with Gasteiger partial charge in [-0.2, -0.15) is 0 Å². The highest BCUT2D eigenvalue weighted by Crippen LogP contribution is 2.20. The molecule has 170 valence electrons. The topological polar surface area (TPSA) is 152 Å². The van der Waals surface area contributed by atoms with E-state index in [9.17, 15) is 14.4 Å². The summed E-state index contributed by atoms with van der Waals surface area (Å²) in [5.41, 5.74) is 11.5. The fourth-order valence-electron chi connectivity index (χ4n) is 3.46. The van der Waals surface area contributed by atoms with E-state index in [1.54, 1.807) is 0 Å². The quantitative estimate of drug-likeness (QED) is 0.239. The number of hydrogen-bond acceptors (Lipinski definition) is 5. The third kappa shape index (κ3) is 7.80. The minimum absolute atomic E-state index is 0.0334. The molecule has 6 N–H and O–H groups in total. The summed E-state index contributed by atoms with van der Waals surface area (Å²) in [6.07, 6.45) is 1.42. The molecule has 0 radical (unpaired) electrons. The van der Waals surface area contributed by atoms with Crippen molar-refractivity contribution in [3.05, 3.63) is 35.9 Å². The van der Waals surface area contributed by atoms with Crippen LogP contribution in [0.1, 0.15) is 38.2 Å². The number of carbonyl (C=O) groups is 3. The molecule has 0 unspecified atom stereocenters. The SMILES string of the molecule is CCNC(=O)[C@@H]1CCCN1C(=O)[C@@H](CCCN=C(N)N)NC(=O)OCc1ccccc1. The molecule has 1 aromatic carbocycles. The lowest BCUT2D eigenvalue weighted by Gasteiger charge is -2.28. The monoisotopic (exact) mass is 432 g/mol. The molecule has 1 aliphatic rings. The number of likely N-dealkylation sites (N-methyl/N-ethyl adjacent to an activating group) is 1. The fraction of sp³-hybridized carbons (Fsp3) is 0.524. The van der Waals surface area contributed by atoms with Gasteiger partial charge in [0.05, 0.1) is 0 Å². The molecule has 0 spiro atoms. The Labute approximate surface area is 182 Å². The molecule has 0 aromatic heterocycles. The average Bonchev–Trinajstić information content (AvgIpc) is 3.25.